The molecule has 1 aromatic rings. The number of ether oxygens (including phenoxy) is 1. The molecule has 5 heteroatoms. The van der Waals surface area contributed by atoms with E-state index in [0.717, 1.165) is 25.1 Å². The Morgan fingerprint density at radius 3 is 2.78 bits per heavy atom. The lowest BCUT2D eigenvalue weighted by Gasteiger charge is -2.15. The minimum Gasteiger partial charge on any atom is -0.360 e. The Morgan fingerprint density at radius 1 is 1.44 bits per heavy atom. The summed E-state index contributed by atoms with van der Waals surface area (Å²) in [6.45, 7) is 10.6. The lowest BCUT2D eigenvalue weighted by molar-refractivity contribution is 0.0766. The molecule has 2 rings (SSSR count). The number of hydrogen-bond acceptors (Lipinski definition) is 3. The molecule has 0 amide bonds. The van der Waals surface area contributed by atoms with Gasteiger partial charge in [-0.25, -0.2) is 4.68 Å². The maximum Gasteiger partial charge on any atom is 0.139 e. The molecule has 1 heterocycles. The van der Waals surface area contributed by atoms with E-state index in [9.17, 15) is 0 Å². The molecule has 102 valence electrons. The van der Waals surface area contributed by atoms with E-state index in [4.69, 9.17) is 10.5 Å². The van der Waals surface area contributed by atoms with Crippen molar-refractivity contribution in [3.8, 4) is 0 Å². The topological polar surface area (TPSA) is 53.1 Å². The lowest BCUT2D eigenvalue weighted by atomic mass is 10.2. The molecule has 1 aromatic heterocycles. The van der Waals surface area contributed by atoms with Crippen molar-refractivity contribution >= 4 is 8.07 Å². The van der Waals surface area contributed by atoms with Gasteiger partial charge < -0.3 is 10.5 Å². The number of nitrogens with zero attached hydrogens (tertiary/aromatic N) is 2. The summed E-state index contributed by atoms with van der Waals surface area (Å²) in [6.07, 6.45) is 2.10. The number of fused-ring (bicyclic) bond motifs is 1. The fourth-order valence-electron chi connectivity index (χ4n) is 2.31. The molecule has 0 spiro atoms. The first kappa shape index (κ1) is 13.8. The van der Waals surface area contributed by atoms with Gasteiger partial charge in [-0.15, -0.1) is 0 Å². The third-order valence-electron chi connectivity index (χ3n) is 3.63. The molecular weight excluding hydrogens is 242 g/mol. The quantitative estimate of drug-likeness (QED) is 0.658. The molecule has 1 unspecified atom stereocenters. The number of aromatic nitrogens is 2. The van der Waals surface area contributed by atoms with Crippen molar-refractivity contribution in [3.63, 3.8) is 0 Å². The average molecular weight is 267 g/mol. The minimum absolute atomic E-state index is 0.127. The van der Waals surface area contributed by atoms with E-state index in [1.165, 1.54) is 17.3 Å². The van der Waals surface area contributed by atoms with Crippen LogP contribution in [0.2, 0.25) is 25.7 Å². The van der Waals surface area contributed by atoms with Crippen LogP contribution >= 0.6 is 0 Å². The summed E-state index contributed by atoms with van der Waals surface area (Å²) < 4.78 is 7.71. The molecule has 0 aliphatic heterocycles. The molecule has 1 atom stereocenters. The van der Waals surface area contributed by atoms with E-state index in [-0.39, 0.29) is 6.04 Å². The number of rotatable bonds is 5. The summed E-state index contributed by atoms with van der Waals surface area (Å²) in [7, 11) is -0.996. The molecule has 2 N–H and O–H groups in total. The van der Waals surface area contributed by atoms with Gasteiger partial charge in [-0.05, 0) is 31.4 Å². The molecular formula is C13H25N3OSi. The van der Waals surface area contributed by atoms with E-state index in [0.29, 0.717) is 6.73 Å². The second kappa shape index (κ2) is 5.15. The van der Waals surface area contributed by atoms with Crippen molar-refractivity contribution in [1.29, 1.82) is 0 Å². The largest absolute Gasteiger partial charge is 0.360 e. The van der Waals surface area contributed by atoms with Crippen LogP contribution in [0.4, 0.5) is 0 Å². The van der Waals surface area contributed by atoms with Gasteiger partial charge in [0.15, 0.2) is 0 Å². The van der Waals surface area contributed by atoms with Gasteiger partial charge in [-0.3, -0.25) is 0 Å². The highest BCUT2D eigenvalue weighted by atomic mass is 28.3. The van der Waals surface area contributed by atoms with E-state index in [1.807, 2.05) is 4.68 Å². The first-order chi connectivity index (χ1) is 8.38. The Kier molecular flexibility index (Phi) is 3.94. The molecule has 1 aliphatic rings. The molecule has 1 aliphatic carbocycles. The predicted molar refractivity (Wildman–Crippen MR) is 76.3 cm³/mol. The zero-order chi connectivity index (χ0) is 13.3. The number of nitrogens with two attached hydrogens (primary N) is 1. The van der Waals surface area contributed by atoms with Gasteiger partial charge in [-0.2, -0.15) is 5.10 Å². The first-order valence-corrected chi connectivity index (χ1v) is 10.5. The fourth-order valence-corrected chi connectivity index (χ4v) is 3.06. The Hall–Kier alpha value is -0.653. The standard InChI is InChI=1S/C13H25N3OSi/c1-10-11-5-6-12(14)13(11)15-16(10)9-17-7-8-18(2,3)4/h12H,5-9,14H2,1-4H3. The second-order valence-electron chi connectivity index (χ2n) is 6.44. The minimum atomic E-state index is -0.996. The summed E-state index contributed by atoms with van der Waals surface area (Å²) in [5, 5.41) is 4.58. The van der Waals surface area contributed by atoms with Gasteiger partial charge >= 0.3 is 0 Å². The highest BCUT2D eigenvalue weighted by Gasteiger charge is 2.25. The van der Waals surface area contributed by atoms with E-state index < -0.39 is 8.07 Å². The van der Waals surface area contributed by atoms with Crippen LogP contribution in [0.15, 0.2) is 0 Å². The van der Waals surface area contributed by atoms with Crippen LogP contribution in [0.1, 0.15) is 29.4 Å². The van der Waals surface area contributed by atoms with Crippen molar-refractivity contribution in [2.75, 3.05) is 6.61 Å². The van der Waals surface area contributed by atoms with Crippen molar-refractivity contribution in [2.45, 2.75) is 58.2 Å². The van der Waals surface area contributed by atoms with E-state index in [2.05, 4.69) is 31.7 Å². The molecule has 0 fully saturated rings. The normalized spacial score (nSPS) is 19.3. The van der Waals surface area contributed by atoms with Gasteiger partial charge in [0, 0.05) is 26.4 Å². The van der Waals surface area contributed by atoms with Gasteiger partial charge in [0.1, 0.15) is 6.73 Å². The van der Waals surface area contributed by atoms with Crippen LogP contribution in [0.3, 0.4) is 0 Å². The Bertz CT molecular complexity index is 423. The van der Waals surface area contributed by atoms with Crippen LogP contribution in [0.25, 0.3) is 0 Å². The second-order valence-corrected chi connectivity index (χ2v) is 12.1. The van der Waals surface area contributed by atoms with Crippen molar-refractivity contribution in [3.05, 3.63) is 17.0 Å². The first-order valence-electron chi connectivity index (χ1n) is 6.78. The highest BCUT2D eigenvalue weighted by molar-refractivity contribution is 6.76. The monoisotopic (exact) mass is 267 g/mol. The highest BCUT2D eigenvalue weighted by Crippen LogP contribution is 2.30. The van der Waals surface area contributed by atoms with E-state index >= 15 is 0 Å². The predicted octanol–water partition coefficient (Wildman–Crippen LogP) is 2.45. The van der Waals surface area contributed by atoms with Crippen LogP contribution in [0.5, 0.6) is 0 Å². The fraction of sp³-hybridized carbons (Fsp3) is 0.769. The van der Waals surface area contributed by atoms with Gasteiger partial charge in [0.2, 0.25) is 0 Å². The average Bonchev–Trinajstić information content (AvgIpc) is 2.76. The molecule has 0 bridgehead atoms. The van der Waals surface area contributed by atoms with Crippen LogP contribution < -0.4 is 5.73 Å². The Labute approximate surface area is 111 Å². The maximum absolute atomic E-state index is 6.03. The van der Waals surface area contributed by atoms with Crippen molar-refractivity contribution in [2.24, 2.45) is 5.73 Å². The van der Waals surface area contributed by atoms with Gasteiger partial charge in [0.25, 0.3) is 0 Å². The summed E-state index contributed by atoms with van der Waals surface area (Å²) in [5.41, 5.74) is 9.69. The van der Waals surface area contributed by atoms with Gasteiger partial charge in [-0.1, -0.05) is 19.6 Å². The Balaban J connectivity index is 1.89. The van der Waals surface area contributed by atoms with E-state index in [1.54, 1.807) is 0 Å². The molecule has 4 nitrogen and oxygen atoms in total. The summed E-state index contributed by atoms with van der Waals surface area (Å²) in [5.74, 6) is 0. The lowest BCUT2D eigenvalue weighted by Crippen LogP contribution is -2.22. The summed E-state index contributed by atoms with van der Waals surface area (Å²) in [6, 6.07) is 1.33. The zero-order valence-electron chi connectivity index (χ0n) is 12.0. The van der Waals surface area contributed by atoms with Crippen LogP contribution in [-0.4, -0.2) is 24.5 Å². The molecule has 0 saturated carbocycles. The van der Waals surface area contributed by atoms with Crippen LogP contribution in [-0.2, 0) is 17.9 Å². The maximum atomic E-state index is 6.03. The third kappa shape index (κ3) is 3.02. The molecule has 18 heavy (non-hydrogen) atoms. The third-order valence-corrected chi connectivity index (χ3v) is 5.33. The molecule has 0 radical (unpaired) electrons. The molecule has 0 aromatic carbocycles. The Morgan fingerprint density at radius 2 is 2.17 bits per heavy atom. The SMILES string of the molecule is Cc1c2c(nn1COCC[Si](C)(C)C)C(N)CC2. The van der Waals surface area contributed by atoms with Gasteiger partial charge in [0.05, 0.1) is 5.69 Å². The van der Waals surface area contributed by atoms with Crippen molar-refractivity contribution in [1.82, 2.24) is 9.78 Å². The smallest absolute Gasteiger partial charge is 0.139 e. The number of hydrogen-bond donors (Lipinski definition) is 1. The van der Waals surface area contributed by atoms with Crippen LogP contribution in [0, 0.1) is 6.92 Å². The summed E-state index contributed by atoms with van der Waals surface area (Å²) in [4.78, 5) is 0. The summed E-state index contributed by atoms with van der Waals surface area (Å²) >= 11 is 0. The molecule has 0 saturated heterocycles. The van der Waals surface area contributed by atoms with Crippen molar-refractivity contribution < 1.29 is 4.74 Å². The zero-order valence-corrected chi connectivity index (χ0v) is 13.0.